The molecule has 5 heteroatoms. The van der Waals surface area contributed by atoms with Crippen molar-refractivity contribution >= 4 is 34.4 Å². The van der Waals surface area contributed by atoms with Gasteiger partial charge in [-0.25, -0.2) is 0 Å². The lowest BCUT2D eigenvalue weighted by atomic mass is 10.1. The van der Waals surface area contributed by atoms with Gasteiger partial charge in [0.05, 0.1) is 7.11 Å². The summed E-state index contributed by atoms with van der Waals surface area (Å²) in [7, 11) is 1.55. The van der Waals surface area contributed by atoms with E-state index in [9.17, 15) is 5.11 Å². The lowest BCUT2D eigenvalue weighted by Crippen LogP contribution is -2.09. The average Bonchev–Trinajstić information content (AvgIpc) is 2.79. The maximum Gasteiger partial charge on any atom is 0.161 e. The zero-order valence-electron chi connectivity index (χ0n) is 10.6. The number of benzene rings is 1. The number of hydrogen-bond donors (Lipinski definition) is 2. The standard InChI is InChI=1S/C14H15NO2S2/c1-3-4-10-5-9(7-12(17-2)13(10)16)6-11-8-15-14(18)19-11/h3,5-7,16H,1,4,8H2,2H3,(H,15,18)/b11-6+. The Bertz CT molecular complexity index is 553. The molecule has 0 radical (unpaired) electrons. The van der Waals surface area contributed by atoms with Crippen molar-refractivity contribution in [3.05, 3.63) is 40.8 Å². The van der Waals surface area contributed by atoms with Crippen molar-refractivity contribution in [3.8, 4) is 11.5 Å². The molecule has 1 aliphatic rings. The van der Waals surface area contributed by atoms with Crippen LogP contribution in [0.25, 0.3) is 6.08 Å². The summed E-state index contributed by atoms with van der Waals surface area (Å²) < 4.78 is 5.99. The zero-order chi connectivity index (χ0) is 13.8. The molecule has 1 aromatic carbocycles. The molecular weight excluding hydrogens is 278 g/mol. The Morgan fingerprint density at radius 2 is 2.37 bits per heavy atom. The number of phenols is 1. The van der Waals surface area contributed by atoms with Crippen LogP contribution in [0.3, 0.4) is 0 Å². The quantitative estimate of drug-likeness (QED) is 0.659. The average molecular weight is 293 g/mol. The van der Waals surface area contributed by atoms with Crippen LogP contribution in [0, 0.1) is 0 Å². The summed E-state index contributed by atoms with van der Waals surface area (Å²) >= 11 is 6.64. The Hall–Kier alpha value is -1.46. The molecule has 0 aliphatic carbocycles. The van der Waals surface area contributed by atoms with E-state index >= 15 is 0 Å². The molecule has 0 aromatic heterocycles. The SMILES string of the molecule is C=CCc1cc(/C=C2\CNC(=S)S2)cc(OC)c1O. The van der Waals surface area contributed by atoms with Crippen molar-refractivity contribution in [3.63, 3.8) is 0 Å². The molecule has 3 nitrogen and oxygen atoms in total. The number of ether oxygens (including phenoxy) is 1. The van der Waals surface area contributed by atoms with E-state index in [1.165, 1.54) is 0 Å². The lowest BCUT2D eigenvalue weighted by molar-refractivity contribution is 0.371. The fourth-order valence-corrected chi connectivity index (χ4v) is 2.97. The van der Waals surface area contributed by atoms with Gasteiger partial charge < -0.3 is 15.2 Å². The molecular formula is C14H15NO2S2. The van der Waals surface area contributed by atoms with Crippen molar-refractivity contribution in [2.45, 2.75) is 6.42 Å². The molecule has 2 rings (SSSR count). The lowest BCUT2D eigenvalue weighted by Gasteiger charge is -2.09. The molecule has 19 heavy (non-hydrogen) atoms. The van der Waals surface area contributed by atoms with E-state index in [-0.39, 0.29) is 5.75 Å². The normalized spacial score (nSPS) is 16.5. The molecule has 0 spiro atoms. The van der Waals surface area contributed by atoms with Crippen LogP contribution >= 0.6 is 24.0 Å². The summed E-state index contributed by atoms with van der Waals surface area (Å²) in [6, 6.07) is 3.76. The predicted molar refractivity (Wildman–Crippen MR) is 84.7 cm³/mol. The molecule has 100 valence electrons. The third-order valence-corrected chi connectivity index (χ3v) is 3.97. The Labute approximate surface area is 122 Å². The first-order chi connectivity index (χ1) is 9.13. The van der Waals surface area contributed by atoms with Crippen LogP contribution in [-0.2, 0) is 6.42 Å². The molecule has 0 atom stereocenters. The van der Waals surface area contributed by atoms with Crippen LogP contribution in [0.15, 0.2) is 29.7 Å². The fourth-order valence-electron chi connectivity index (χ4n) is 1.86. The van der Waals surface area contributed by atoms with E-state index in [1.54, 1.807) is 24.9 Å². The molecule has 1 aromatic rings. The van der Waals surface area contributed by atoms with Crippen LogP contribution < -0.4 is 10.1 Å². The Morgan fingerprint density at radius 1 is 1.58 bits per heavy atom. The number of phenolic OH excluding ortho intramolecular Hbond substituents is 1. The van der Waals surface area contributed by atoms with E-state index in [4.69, 9.17) is 17.0 Å². The van der Waals surface area contributed by atoms with Gasteiger partial charge in [0.15, 0.2) is 11.5 Å². The molecule has 1 aliphatic heterocycles. The highest BCUT2D eigenvalue weighted by Gasteiger charge is 2.13. The van der Waals surface area contributed by atoms with Gasteiger partial charge in [0.2, 0.25) is 0 Å². The topological polar surface area (TPSA) is 41.5 Å². The van der Waals surface area contributed by atoms with Crippen LogP contribution in [0.1, 0.15) is 11.1 Å². The molecule has 1 heterocycles. The van der Waals surface area contributed by atoms with Crippen molar-refractivity contribution < 1.29 is 9.84 Å². The predicted octanol–water partition coefficient (Wildman–Crippen LogP) is 3.09. The molecule has 1 fully saturated rings. The number of nitrogens with one attached hydrogen (secondary N) is 1. The van der Waals surface area contributed by atoms with E-state index in [0.717, 1.165) is 26.9 Å². The Balaban J connectivity index is 2.37. The summed E-state index contributed by atoms with van der Waals surface area (Å²) in [6.07, 6.45) is 4.40. The van der Waals surface area contributed by atoms with E-state index in [0.29, 0.717) is 12.2 Å². The van der Waals surface area contributed by atoms with Crippen LogP contribution in [-0.4, -0.2) is 23.1 Å². The summed E-state index contributed by atoms with van der Waals surface area (Å²) in [5.74, 6) is 0.655. The number of allylic oxidation sites excluding steroid dienone is 1. The van der Waals surface area contributed by atoms with Gasteiger partial charge in [-0.15, -0.1) is 6.58 Å². The minimum Gasteiger partial charge on any atom is -0.504 e. The first kappa shape index (κ1) is 14.0. The number of thiocarbonyl (C=S) groups is 1. The van der Waals surface area contributed by atoms with Crippen molar-refractivity contribution in [1.29, 1.82) is 0 Å². The van der Waals surface area contributed by atoms with Crippen molar-refractivity contribution in [1.82, 2.24) is 5.32 Å². The largest absolute Gasteiger partial charge is 0.504 e. The molecule has 0 saturated carbocycles. The molecule has 2 N–H and O–H groups in total. The van der Waals surface area contributed by atoms with Gasteiger partial charge in [0.1, 0.15) is 4.32 Å². The number of methoxy groups -OCH3 is 1. The van der Waals surface area contributed by atoms with Crippen LogP contribution in [0.2, 0.25) is 0 Å². The Kier molecular flexibility index (Phi) is 4.50. The third-order valence-electron chi connectivity index (χ3n) is 2.72. The first-order valence-corrected chi connectivity index (χ1v) is 7.03. The van der Waals surface area contributed by atoms with E-state index in [2.05, 4.69) is 11.9 Å². The fraction of sp³-hybridized carbons (Fsp3) is 0.214. The van der Waals surface area contributed by atoms with E-state index in [1.807, 2.05) is 18.2 Å². The summed E-state index contributed by atoms with van der Waals surface area (Å²) in [6.45, 7) is 4.45. The molecule has 0 amide bonds. The van der Waals surface area contributed by atoms with Gasteiger partial charge in [-0.2, -0.15) is 0 Å². The first-order valence-electron chi connectivity index (χ1n) is 5.81. The number of rotatable bonds is 4. The van der Waals surface area contributed by atoms with Gasteiger partial charge in [-0.05, 0) is 30.2 Å². The van der Waals surface area contributed by atoms with E-state index < -0.39 is 0 Å². The molecule has 1 saturated heterocycles. The number of aromatic hydroxyl groups is 1. The summed E-state index contributed by atoms with van der Waals surface area (Å²) in [4.78, 5) is 1.15. The highest BCUT2D eigenvalue weighted by molar-refractivity contribution is 8.26. The summed E-state index contributed by atoms with van der Waals surface area (Å²) in [5, 5.41) is 13.1. The monoisotopic (exact) mass is 293 g/mol. The van der Waals surface area contributed by atoms with Gasteiger partial charge in [0, 0.05) is 17.0 Å². The van der Waals surface area contributed by atoms with Crippen LogP contribution in [0.5, 0.6) is 11.5 Å². The molecule has 0 bridgehead atoms. The third kappa shape index (κ3) is 3.30. The van der Waals surface area contributed by atoms with Gasteiger partial charge >= 0.3 is 0 Å². The van der Waals surface area contributed by atoms with Gasteiger partial charge in [-0.1, -0.05) is 30.1 Å². The second kappa shape index (κ2) is 6.12. The highest BCUT2D eigenvalue weighted by Crippen LogP contribution is 2.34. The minimum atomic E-state index is 0.178. The maximum absolute atomic E-state index is 10.0. The van der Waals surface area contributed by atoms with Crippen molar-refractivity contribution in [2.75, 3.05) is 13.7 Å². The second-order valence-electron chi connectivity index (χ2n) is 4.08. The Morgan fingerprint density at radius 3 is 2.95 bits per heavy atom. The van der Waals surface area contributed by atoms with Crippen molar-refractivity contribution in [2.24, 2.45) is 0 Å². The minimum absolute atomic E-state index is 0.178. The maximum atomic E-state index is 10.0. The van der Waals surface area contributed by atoms with Gasteiger partial charge in [0.25, 0.3) is 0 Å². The summed E-state index contributed by atoms with van der Waals surface area (Å²) in [5.41, 5.74) is 1.79. The van der Waals surface area contributed by atoms with Gasteiger partial charge in [-0.3, -0.25) is 0 Å². The number of thioether (sulfide) groups is 1. The smallest absolute Gasteiger partial charge is 0.161 e. The zero-order valence-corrected chi connectivity index (χ0v) is 12.2. The second-order valence-corrected chi connectivity index (χ2v) is 5.88. The highest BCUT2D eigenvalue weighted by atomic mass is 32.2. The number of hydrogen-bond acceptors (Lipinski definition) is 4. The molecule has 0 unspecified atom stereocenters. The van der Waals surface area contributed by atoms with Crippen LogP contribution in [0.4, 0.5) is 0 Å².